The van der Waals surface area contributed by atoms with E-state index >= 15 is 0 Å². The smallest absolute Gasteiger partial charge is 0.146 e. The average molecular weight is 313 g/mol. The highest BCUT2D eigenvalue weighted by atomic mass is 15.3. The first kappa shape index (κ1) is 16.1. The van der Waals surface area contributed by atoms with Crippen LogP contribution < -0.4 is 0 Å². The minimum atomic E-state index is 0.388. The number of aromatic nitrogens is 4. The molecule has 0 radical (unpaired) electrons. The van der Waals surface area contributed by atoms with E-state index in [4.69, 9.17) is 4.98 Å². The van der Waals surface area contributed by atoms with Crippen LogP contribution in [0.1, 0.15) is 55.6 Å². The lowest BCUT2D eigenvalue weighted by Gasteiger charge is -2.35. The van der Waals surface area contributed by atoms with Crippen LogP contribution in [0.4, 0.5) is 0 Å². The summed E-state index contributed by atoms with van der Waals surface area (Å²) in [6.07, 6.45) is 5.48. The monoisotopic (exact) mass is 313 g/mol. The van der Waals surface area contributed by atoms with Gasteiger partial charge in [0.05, 0.1) is 18.3 Å². The van der Waals surface area contributed by atoms with Crippen LogP contribution in [0.2, 0.25) is 0 Å². The zero-order valence-corrected chi connectivity index (χ0v) is 14.7. The minimum absolute atomic E-state index is 0.388. The lowest BCUT2D eigenvalue weighted by molar-refractivity contribution is 0.142. The van der Waals surface area contributed by atoms with Crippen molar-refractivity contribution in [2.24, 2.45) is 13.0 Å². The Bertz CT molecular complexity index is 661. The molecule has 2 aromatic heterocycles. The maximum absolute atomic E-state index is 4.71. The molecule has 0 saturated carbocycles. The molecule has 5 nitrogen and oxygen atoms in total. The molecule has 2 aromatic rings. The van der Waals surface area contributed by atoms with Gasteiger partial charge in [-0.1, -0.05) is 19.9 Å². The van der Waals surface area contributed by atoms with Gasteiger partial charge in [0.2, 0.25) is 0 Å². The lowest BCUT2D eigenvalue weighted by atomic mass is 9.90. The third-order valence-corrected chi connectivity index (χ3v) is 4.73. The van der Waals surface area contributed by atoms with Gasteiger partial charge >= 0.3 is 0 Å². The van der Waals surface area contributed by atoms with Crippen molar-refractivity contribution in [3.63, 3.8) is 0 Å². The van der Waals surface area contributed by atoms with Crippen molar-refractivity contribution in [1.82, 2.24) is 24.6 Å². The SMILES string of the molecule is Cc1nnc(CN(CC(C)C)[C@H]2CCCc3cccnc32)n1C. The van der Waals surface area contributed by atoms with Crippen molar-refractivity contribution < 1.29 is 0 Å². The number of rotatable bonds is 5. The first-order chi connectivity index (χ1) is 11.1. The lowest BCUT2D eigenvalue weighted by Crippen LogP contribution is -2.35. The fourth-order valence-corrected chi connectivity index (χ4v) is 3.48. The van der Waals surface area contributed by atoms with Crippen LogP contribution in [0.25, 0.3) is 0 Å². The molecule has 23 heavy (non-hydrogen) atoms. The van der Waals surface area contributed by atoms with Crippen molar-refractivity contribution in [3.8, 4) is 0 Å². The molecular formula is C18H27N5. The van der Waals surface area contributed by atoms with Gasteiger partial charge < -0.3 is 4.57 Å². The largest absolute Gasteiger partial charge is 0.317 e. The molecule has 0 N–H and O–H groups in total. The fourth-order valence-electron chi connectivity index (χ4n) is 3.48. The quantitative estimate of drug-likeness (QED) is 0.851. The highest BCUT2D eigenvalue weighted by Crippen LogP contribution is 2.34. The van der Waals surface area contributed by atoms with E-state index in [-0.39, 0.29) is 0 Å². The molecule has 0 fully saturated rings. The molecule has 0 bridgehead atoms. The minimum Gasteiger partial charge on any atom is -0.317 e. The van der Waals surface area contributed by atoms with Gasteiger partial charge in [0, 0.05) is 19.8 Å². The normalized spacial score (nSPS) is 17.7. The van der Waals surface area contributed by atoms with Gasteiger partial charge in [0.25, 0.3) is 0 Å². The Morgan fingerprint density at radius 3 is 2.87 bits per heavy atom. The second-order valence-electron chi connectivity index (χ2n) is 7.00. The van der Waals surface area contributed by atoms with E-state index in [2.05, 4.69) is 45.6 Å². The molecule has 0 unspecified atom stereocenters. The van der Waals surface area contributed by atoms with E-state index in [1.165, 1.54) is 24.1 Å². The molecule has 0 amide bonds. The molecule has 124 valence electrons. The molecule has 5 heteroatoms. The summed E-state index contributed by atoms with van der Waals surface area (Å²) < 4.78 is 2.09. The van der Waals surface area contributed by atoms with Crippen molar-refractivity contribution in [2.45, 2.75) is 52.6 Å². The summed E-state index contributed by atoms with van der Waals surface area (Å²) in [6.45, 7) is 8.43. The van der Waals surface area contributed by atoms with E-state index in [1.807, 2.05) is 20.2 Å². The van der Waals surface area contributed by atoms with Crippen LogP contribution in [0.5, 0.6) is 0 Å². The van der Waals surface area contributed by atoms with Crippen LogP contribution >= 0.6 is 0 Å². The van der Waals surface area contributed by atoms with Crippen LogP contribution in [0, 0.1) is 12.8 Å². The molecule has 1 aliphatic carbocycles. The highest BCUT2D eigenvalue weighted by molar-refractivity contribution is 5.25. The zero-order chi connectivity index (χ0) is 16.4. The van der Waals surface area contributed by atoms with Gasteiger partial charge in [-0.2, -0.15) is 0 Å². The standard InChI is InChI=1S/C18H27N5/c1-13(2)11-23(12-17-21-20-14(3)22(17)4)16-9-5-7-15-8-6-10-19-18(15)16/h6,8,10,13,16H,5,7,9,11-12H2,1-4H3/t16-/m0/s1. The first-order valence-electron chi connectivity index (χ1n) is 8.59. The maximum Gasteiger partial charge on any atom is 0.146 e. The summed E-state index contributed by atoms with van der Waals surface area (Å²) >= 11 is 0. The Kier molecular flexibility index (Phi) is 4.76. The highest BCUT2D eigenvalue weighted by Gasteiger charge is 2.28. The predicted molar refractivity (Wildman–Crippen MR) is 90.9 cm³/mol. The number of fused-ring (bicyclic) bond motifs is 1. The molecule has 0 saturated heterocycles. The number of pyridine rings is 1. The number of nitrogens with zero attached hydrogens (tertiary/aromatic N) is 5. The zero-order valence-electron chi connectivity index (χ0n) is 14.7. The van der Waals surface area contributed by atoms with Gasteiger partial charge in [0.15, 0.2) is 0 Å². The van der Waals surface area contributed by atoms with Crippen molar-refractivity contribution in [2.75, 3.05) is 6.54 Å². The summed E-state index contributed by atoms with van der Waals surface area (Å²) in [5, 5.41) is 8.57. The summed E-state index contributed by atoms with van der Waals surface area (Å²) in [5.74, 6) is 2.61. The van der Waals surface area contributed by atoms with Gasteiger partial charge in [0.1, 0.15) is 11.6 Å². The Balaban J connectivity index is 1.89. The van der Waals surface area contributed by atoms with Gasteiger partial charge in [-0.3, -0.25) is 9.88 Å². The van der Waals surface area contributed by atoms with Crippen molar-refractivity contribution in [1.29, 1.82) is 0 Å². The summed E-state index contributed by atoms with van der Waals surface area (Å²) in [4.78, 5) is 7.25. The fraction of sp³-hybridized carbons (Fsp3) is 0.611. The van der Waals surface area contributed by atoms with Crippen molar-refractivity contribution >= 4 is 0 Å². The molecule has 3 rings (SSSR count). The van der Waals surface area contributed by atoms with E-state index < -0.39 is 0 Å². The third-order valence-electron chi connectivity index (χ3n) is 4.73. The second-order valence-corrected chi connectivity index (χ2v) is 7.00. The molecule has 1 aliphatic rings. The Morgan fingerprint density at radius 1 is 1.35 bits per heavy atom. The second kappa shape index (κ2) is 6.79. The Morgan fingerprint density at radius 2 is 2.17 bits per heavy atom. The summed E-state index contributed by atoms with van der Waals surface area (Å²) in [7, 11) is 2.05. The van der Waals surface area contributed by atoms with Crippen molar-refractivity contribution in [3.05, 3.63) is 41.2 Å². The molecule has 0 spiro atoms. The predicted octanol–water partition coefficient (Wildman–Crippen LogP) is 3.05. The summed E-state index contributed by atoms with van der Waals surface area (Å²) in [6, 6.07) is 4.67. The molecule has 2 heterocycles. The third kappa shape index (κ3) is 3.44. The number of hydrogen-bond acceptors (Lipinski definition) is 4. The Labute approximate surface area is 138 Å². The first-order valence-corrected chi connectivity index (χ1v) is 8.59. The van der Waals surface area contributed by atoms with E-state index in [9.17, 15) is 0 Å². The van der Waals surface area contributed by atoms with Gasteiger partial charge in [-0.05, 0) is 43.7 Å². The van der Waals surface area contributed by atoms with Gasteiger partial charge in [-0.25, -0.2) is 0 Å². The molecule has 1 atom stereocenters. The molecule has 0 aliphatic heterocycles. The topological polar surface area (TPSA) is 46.8 Å². The summed E-state index contributed by atoms with van der Waals surface area (Å²) in [5.41, 5.74) is 2.67. The molecule has 0 aromatic carbocycles. The van der Waals surface area contributed by atoms with E-state index in [0.717, 1.165) is 31.2 Å². The van der Waals surface area contributed by atoms with E-state index in [0.29, 0.717) is 12.0 Å². The Hall–Kier alpha value is -1.75. The maximum atomic E-state index is 4.71. The van der Waals surface area contributed by atoms with Crippen LogP contribution in [0.3, 0.4) is 0 Å². The van der Waals surface area contributed by atoms with Gasteiger partial charge in [-0.15, -0.1) is 10.2 Å². The van der Waals surface area contributed by atoms with Crippen LogP contribution in [0.15, 0.2) is 18.3 Å². The number of hydrogen-bond donors (Lipinski definition) is 0. The van der Waals surface area contributed by atoms with E-state index in [1.54, 1.807) is 0 Å². The van der Waals surface area contributed by atoms with Crippen LogP contribution in [-0.4, -0.2) is 31.2 Å². The number of aryl methyl sites for hydroxylation is 2. The average Bonchev–Trinajstić information content (AvgIpc) is 2.85. The molecular weight excluding hydrogens is 286 g/mol. The van der Waals surface area contributed by atoms with Crippen LogP contribution in [-0.2, 0) is 20.0 Å².